The van der Waals surface area contributed by atoms with Crippen LogP contribution in [0.4, 0.5) is 16.3 Å². The van der Waals surface area contributed by atoms with Crippen LogP contribution < -0.4 is 10.2 Å². The van der Waals surface area contributed by atoms with Gasteiger partial charge in [0.05, 0.1) is 5.69 Å². The van der Waals surface area contributed by atoms with Crippen LogP contribution in [0.15, 0.2) is 48.7 Å². The number of pyridine rings is 1. The fourth-order valence-corrected chi connectivity index (χ4v) is 3.28. The molecule has 0 saturated carbocycles. The van der Waals surface area contributed by atoms with Gasteiger partial charge in [-0.05, 0) is 43.3 Å². The van der Waals surface area contributed by atoms with Crippen molar-refractivity contribution < 1.29 is 9.90 Å². The van der Waals surface area contributed by atoms with Gasteiger partial charge in [-0.3, -0.25) is 9.72 Å². The van der Waals surface area contributed by atoms with Crippen LogP contribution in [0.3, 0.4) is 0 Å². The first-order chi connectivity index (χ1) is 12.6. The maximum atomic E-state index is 12.7. The van der Waals surface area contributed by atoms with Gasteiger partial charge in [0, 0.05) is 38.1 Å². The highest BCUT2D eigenvalue weighted by Gasteiger charge is 2.22. The number of phenolic OH excluding ortho intramolecular Hbond substituents is 1. The molecule has 1 saturated heterocycles. The number of aryl methyl sites for hydroxylation is 1. The number of hydrogen-bond donors (Lipinski definition) is 2. The van der Waals surface area contributed by atoms with Crippen LogP contribution in [0.5, 0.6) is 5.75 Å². The highest BCUT2D eigenvalue weighted by Crippen LogP contribution is 2.21. The number of carbonyl (C=O) groups excluding carboxylic acids is 1. The summed E-state index contributed by atoms with van der Waals surface area (Å²) in [6.45, 7) is 4.69. The zero-order valence-electron chi connectivity index (χ0n) is 14.6. The summed E-state index contributed by atoms with van der Waals surface area (Å²) in [7, 11) is 0. The van der Waals surface area contributed by atoms with E-state index in [9.17, 15) is 9.90 Å². The topological polar surface area (TPSA) is 73.1 Å². The number of imidazole rings is 1. The highest BCUT2D eigenvalue weighted by molar-refractivity contribution is 5.89. The molecule has 2 amide bonds. The first-order valence-electron chi connectivity index (χ1n) is 8.65. The average Bonchev–Trinajstić information content (AvgIpc) is 2.98. The molecule has 3 heterocycles. The van der Waals surface area contributed by atoms with E-state index < -0.39 is 0 Å². The molecule has 134 valence electrons. The summed E-state index contributed by atoms with van der Waals surface area (Å²) >= 11 is 0. The third kappa shape index (κ3) is 3.03. The fourth-order valence-electron chi connectivity index (χ4n) is 3.28. The van der Waals surface area contributed by atoms with E-state index in [1.165, 1.54) is 0 Å². The van der Waals surface area contributed by atoms with Gasteiger partial charge in [0.15, 0.2) is 0 Å². The molecule has 1 aliphatic rings. The van der Waals surface area contributed by atoms with Crippen molar-refractivity contribution in [2.24, 2.45) is 0 Å². The smallest absolute Gasteiger partial charge is 0.323 e. The van der Waals surface area contributed by atoms with Crippen molar-refractivity contribution in [2.75, 3.05) is 36.4 Å². The molecule has 0 radical (unpaired) electrons. The Morgan fingerprint density at radius 3 is 2.54 bits per heavy atom. The molecule has 0 unspecified atom stereocenters. The average molecular weight is 351 g/mol. The van der Waals surface area contributed by atoms with Crippen molar-refractivity contribution in [1.82, 2.24) is 14.3 Å². The number of hydrogen-bond acceptors (Lipinski definition) is 4. The van der Waals surface area contributed by atoms with Gasteiger partial charge in [-0.15, -0.1) is 0 Å². The van der Waals surface area contributed by atoms with Crippen molar-refractivity contribution in [1.29, 1.82) is 0 Å². The molecule has 2 N–H and O–H groups in total. The molecule has 3 aromatic rings. The number of anilines is 2. The molecule has 0 atom stereocenters. The van der Waals surface area contributed by atoms with Crippen LogP contribution in [-0.2, 0) is 0 Å². The Bertz CT molecular complexity index is 927. The van der Waals surface area contributed by atoms with E-state index in [2.05, 4.69) is 15.2 Å². The third-order valence-electron chi connectivity index (χ3n) is 4.71. The zero-order valence-corrected chi connectivity index (χ0v) is 14.6. The largest absolute Gasteiger partial charge is 0.508 e. The standard InChI is InChI=1S/C19H21N5O2/c1-14-18(24-9-3-2-4-17(24)20-14)21-19(26)23-12-10-22(11-13-23)15-5-7-16(25)8-6-15/h2-9,25H,10-13H2,1H3,(H,21,26). The molecule has 0 spiro atoms. The lowest BCUT2D eigenvalue weighted by atomic mass is 10.2. The summed E-state index contributed by atoms with van der Waals surface area (Å²) in [6, 6.07) is 12.8. The summed E-state index contributed by atoms with van der Waals surface area (Å²) < 4.78 is 1.89. The molecule has 0 bridgehead atoms. The number of rotatable bonds is 2. The first-order valence-corrected chi connectivity index (χ1v) is 8.65. The van der Waals surface area contributed by atoms with E-state index in [-0.39, 0.29) is 11.8 Å². The minimum absolute atomic E-state index is 0.107. The molecule has 26 heavy (non-hydrogen) atoms. The lowest BCUT2D eigenvalue weighted by molar-refractivity contribution is 0.208. The fraction of sp³-hybridized carbons (Fsp3) is 0.263. The van der Waals surface area contributed by atoms with Gasteiger partial charge < -0.3 is 14.9 Å². The Morgan fingerprint density at radius 1 is 1.08 bits per heavy atom. The molecule has 4 rings (SSSR count). The zero-order chi connectivity index (χ0) is 18.1. The second-order valence-corrected chi connectivity index (χ2v) is 6.40. The van der Waals surface area contributed by atoms with Gasteiger partial charge in [0.2, 0.25) is 0 Å². The van der Waals surface area contributed by atoms with Gasteiger partial charge in [0.25, 0.3) is 0 Å². The number of nitrogens with zero attached hydrogens (tertiary/aromatic N) is 4. The monoisotopic (exact) mass is 351 g/mol. The van der Waals surface area contributed by atoms with Crippen molar-refractivity contribution in [3.8, 4) is 5.75 Å². The van der Waals surface area contributed by atoms with Crippen molar-refractivity contribution in [2.45, 2.75) is 6.92 Å². The van der Waals surface area contributed by atoms with Crippen LogP contribution in [0.25, 0.3) is 5.65 Å². The number of fused-ring (bicyclic) bond motifs is 1. The number of phenols is 1. The lowest BCUT2D eigenvalue weighted by Gasteiger charge is -2.36. The number of aromatic nitrogens is 2. The number of carbonyl (C=O) groups is 1. The van der Waals surface area contributed by atoms with E-state index in [4.69, 9.17) is 0 Å². The van der Waals surface area contributed by atoms with E-state index in [0.29, 0.717) is 18.9 Å². The van der Waals surface area contributed by atoms with E-state index in [0.717, 1.165) is 30.1 Å². The predicted molar refractivity (Wildman–Crippen MR) is 101 cm³/mol. The molecular formula is C19H21N5O2. The number of amides is 2. The normalized spacial score (nSPS) is 14.7. The number of piperazine rings is 1. The molecule has 7 nitrogen and oxygen atoms in total. The van der Waals surface area contributed by atoms with Crippen LogP contribution in [0.2, 0.25) is 0 Å². The van der Waals surface area contributed by atoms with Crippen molar-refractivity contribution in [3.05, 3.63) is 54.4 Å². The summed E-state index contributed by atoms with van der Waals surface area (Å²) in [5, 5.41) is 12.4. The molecule has 7 heteroatoms. The van der Waals surface area contributed by atoms with Gasteiger partial charge in [-0.2, -0.15) is 0 Å². The Balaban J connectivity index is 1.42. The minimum atomic E-state index is -0.107. The predicted octanol–water partition coefficient (Wildman–Crippen LogP) is 2.70. The maximum absolute atomic E-state index is 12.7. The lowest BCUT2D eigenvalue weighted by Crippen LogP contribution is -2.50. The summed E-state index contributed by atoms with van der Waals surface area (Å²) in [6.07, 6.45) is 1.90. The van der Waals surface area contributed by atoms with Crippen LogP contribution in [-0.4, -0.2) is 51.6 Å². The molecule has 1 aliphatic heterocycles. The third-order valence-corrected chi connectivity index (χ3v) is 4.71. The first kappa shape index (κ1) is 16.3. The molecular weight excluding hydrogens is 330 g/mol. The van der Waals surface area contributed by atoms with Gasteiger partial charge in [0.1, 0.15) is 17.2 Å². The quantitative estimate of drug-likeness (QED) is 0.745. The van der Waals surface area contributed by atoms with Crippen LogP contribution in [0, 0.1) is 6.92 Å². The van der Waals surface area contributed by atoms with Crippen molar-refractivity contribution in [3.63, 3.8) is 0 Å². The van der Waals surface area contributed by atoms with E-state index >= 15 is 0 Å². The highest BCUT2D eigenvalue weighted by atomic mass is 16.3. The van der Waals surface area contributed by atoms with Crippen LogP contribution >= 0.6 is 0 Å². The summed E-state index contributed by atoms with van der Waals surface area (Å²) in [5.74, 6) is 0.974. The number of aromatic hydroxyl groups is 1. The van der Waals surface area contributed by atoms with E-state index in [1.54, 1.807) is 12.1 Å². The Labute approximate surface area is 151 Å². The second kappa shape index (κ2) is 6.59. The van der Waals surface area contributed by atoms with Crippen molar-refractivity contribution >= 4 is 23.2 Å². The number of benzene rings is 1. The second-order valence-electron chi connectivity index (χ2n) is 6.40. The molecule has 1 aromatic carbocycles. The summed E-state index contributed by atoms with van der Waals surface area (Å²) in [4.78, 5) is 21.2. The maximum Gasteiger partial charge on any atom is 0.323 e. The van der Waals surface area contributed by atoms with Crippen LogP contribution in [0.1, 0.15) is 5.69 Å². The Kier molecular flexibility index (Phi) is 4.12. The Hall–Kier alpha value is -3.22. The Morgan fingerprint density at radius 2 is 1.81 bits per heavy atom. The molecule has 1 fully saturated rings. The summed E-state index contributed by atoms with van der Waals surface area (Å²) in [5.41, 5.74) is 2.67. The number of nitrogens with one attached hydrogen (secondary N) is 1. The molecule has 0 aliphatic carbocycles. The SMILES string of the molecule is Cc1nc2ccccn2c1NC(=O)N1CCN(c2ccc(O)cc2)CC1. The van der Waals surface area contributed by atoms with Gasteiger partial charge in [-0.1, -0.05) is 6.07 Å². The van der Waals surface area contributed by atoms with Gasteiger partial charge in [-0.25, -0.2) is 9.78 Å². The van der Waals surface area contributed by atoms with Gasteiger partial charge >= 0.3 is 6.03 Å². The van der Waals surface area contributed by atoms with E-state index in [1.807, 2.05) is 52.8 Å². The molecule has 2 aromatic heterocycles. The minimum Gasteiger partial charge on any atom is -0.508 e. The number of urea groups is 1.